The van der Waals surface area contributed by atoms with E-state index in [0.717, 1.165) is 23.9 Å². The van der Waals surface area contributed by atoms with Crippen molar-refractivity contribution < 1.29 is 31.8 Å². The van der Waals surface area contributed by atoms with Gasteiger partial charge in [-0.25, -0.2) is 8.42 Å². The fourth-order valence-electron chi connectivity index (χ4n) is 1.09. The van der Waals surface area contributed by atoms with Gasteiger partial charge in [0.05, 0.1) is 17.6 Å². The summed E-state index contributed by atoms with van der Waals surface area (Å²) in [5.41, 5.74) is -5.32. The molecule has 1 atom stereocenters. The van der Waals surface area contributed by atoms with Gasteiger partial charge in [-0.1, -0.05) is 0 Å². The van der Waals surface area contributed by atoms with Crippen molar-refractivity contribution in [3.8, 4) is 0 Å². The molecule has 108 valence electrons. The molecule has 0 spiro atoms. The van der Waals surface area contributed by atoms with Gasteiger partial charge in [0, 0.05) is 10.6 Å². The van der Waals surface area contributed by atoms with E-state index in [9.17, 15) is 21.6 Å². The van der Waals surface area contributed by atoms with Crippen molar-refractivity contribution in [2.45, 2.75) is 21.4 Å². The van der Waals surface area contributed by atoms with E-state index in [1.807, 2.05) is 0 Å². The van der Waals surface area contributed by atoms with Crippen LogP contribution in [0.25, 0.3) is 0 Å². The maximum absolute atomic E-state index is 12.3. The number of aliphatic hydroxyl groups excluding tert-OH is 2. The van der Waals surface area contributed by atoms with Crippen LogP contribution in [0.5, 0.6) is 0 Å². The zero-order valence-corrected chi connectivity index (χ0v) is 11.1. The first-order chi connectivity index (χ1) is 8.68. The van der Waals surface area contributed by atoms with Gasteiger partial charge in [0.1, 0.15) is 0 Å². The molecule has 0 heterocycles. The third-order valence-corrected chi connectivity index (χ3v) is 4.75. The molecule has 0 saturated heterocycles. The van der Waals surface area contributed by atoms with Crippen molar-refractivity contribution in [3.05, 3.63) is 24.3 Å². The minimum atomic E-state index is -5.33. The van der Waals surface area contributed by atoms with Crippen LogP contribution in [0.4, 0.5) is 13.2 Å². The topological polar surface area (TPSA) is 74.6 Å². The highest BCUT2D eigenvalue weighted by Gasteiger charge is 2.46. The lowest BCUT2D eigenvalue weighted by molar-refractivity contribution is -0.0436. The van der Waals surface area contributed by atoms with Gasteiger partial charge in [0.15, 0.2) is 0 Å². The summed E-state index contributed by atoms with van der Waals surface area (Å²) in [6, 6.07) is 4.15. The van der Waals surface area contributed by atoms with Gasteiger partial charge in [-0.2, -0.15) is 13.2 Å². The Bertz CT molecular complexity index is 511. The summed E-state index contributed by atoms with van der Waals surface area (Å²) >= 11 is 1.09. The average Bonchev–Trinajstić information content (AvgIpc) is 2.35. The number of rotatable bonds is 5. The van der Waals surface area contributed by atoms with E-state index in [2.05, 4.69) is 0 Å². The van der Waals surface area contributed by atoms with Crippen LogP contribution >= 0.6 is 11.8 Å². The molecule has 1 aromatic carbocycles. The first-order valence-electron chi connectivity index (χ1n) is 5.01. The van der Waals surface area contributed by atoms with Gasteiger partial charge < -0.3 is 10.2 Å². The van der Waals surface area contributed by atoms with E-state index in [0.29, 0.717) is 4.90 Å². The van der Waals surface area contributed by atoms with Crippen LogP contribution in [0.15, 0.2) is 34.1 Å². The molecule has 4 nitrogen and oxygen atoms in total. The second kappa shape index (κ2) is 6.12. The number of aliphatic hydroxyl groups is 2. The maximum Gasteiger partial charge on any atom is 0.501 e. The fourth-order valence-corrected chi connectivity index (χ4v) is 2.67. The molecule has 0 aliphatic carbocycles. The molecule has 19 heavy (non-hydrogen) atoms. The number of hydrogen-bond acceptors (Lipinski definition) is 5. The van der Waals surface area contributed by atoms with Crippen molar-refractivity contribution >= 4 is 21.6 Å². The molecule has 2 N–H and O–H groups in total. The Kier molecular flexibility index (Phi) is 5.25. The zero-order chi connectivity index (χ0) is 14.7. The number of thioether (sulfide) groups is 1. The lowest BCUT2D eigenvalue weighted by Crippen LogP contribution is -2.23. The van der Waals surface area contributed by atoms with Gasteiger partial charge in [-0.05, 0) is 24.3 Å². The largest absolute Gasteiger partial charge is 0.501 e. The molecule has 0 aliphatic rings. The summed E-state index contributed by atoms with van der Waals surface area (Å²) in [4.78, 5) is -0.333. The van der Waals surface area contributed by atoms with Crippen molar-refractivity contribution in [1.82, 2.24) is 0 Å². The van der Waals surface area contributed by atoms with E-state index in [4.69, 9.17) is 10.2 Å². The summed E-state index contributed by atoms with van der Waals surface area (Å²) in [5.74, 6) is 0.155. The van der Waals surface area contributed by atoms with E-state index in [1.54, 1.807) is 0 Å². The van der Waals surface area contributed by atoms with Gasteiger partial charge in [0.2, 0.25) is 0 Å². The third kappa shape index (κ3) is 4.10. The molecule has 0 fully saturated rings. The third-order valence-electron chi connectivity index (χ3n) is 2.09. The van der Waals surface area contributed by atoms with Gasteiger partial charge in [-0.3, -0.25) is 0 Å². The van der Waals surface area contributed by atoms with Crippen LogP contribution in [0.3, 0.4) is 0 Å². The van der Waals surface area contributed by atoms with E-state index in [1.165, 1.54) is 12.1 Å². The Morgan fingerprint density at radius 3 is 2.16 bits per heavy atom. The Labute approximate surface area is 112 Å². The highest BCUT2D eigenvalue weighted by Crippen LogP contribution is 2.31. The fraction of sp³-hybridized carbons (Fsp3) is 0.400. The van der Waals surface area contributed by atoms with Crippen LogP contribution in [0.1, 0.15) is 0 Å². The Morgan fingerprint density at radius 1 is 1.21 bits per heavy atom. The van der Waals surface area contributed by atoms with Crippen LogP contribution in [0.2, 0.25) is 0 Å². The standard InChI is InChI=1S/C10H11F3O4S2/c11-10(12,13)19(16,17)9-3-1-8(2-4-9)18-6-7(15)5-14/h1-4,7,14-15H,5-6H2. The van der Waals surface area contributed by atoms with Gasteiger partial charge in [-0.15, -0.1) is 11.8 Å². The quantitative estimate of drug-likeness (QED) is 0.804. The average molecular weight is 316 g/mol. The summed E-state index contributed by atoms with van der Waals surface area (Å²) < 4.78 is 58.9. The highest BCUT2D eigenvalue weighted by atomic mass is 32.2. The first kappa shape index (κ1) is 16.3. The van der Waals surface area contributed by atoms with Crippen molar-refractivity contribution in [3.63, 3.8) is 0 Å². The van der Waals surface area contributed by atoms with E-state index >= 15 is 0 Å². The molecular weight excluding hydrogens is 305 g/mol. The maximum atomic E-state index is 12.3. The first-order valence-corrected chi connectivity index (χ1v) is 7.48. The lowest BCUT2D eigenvalue weighted by Gasteiger charge is -2.09. The molecule has 0 aromatic heterocycles. The predicted molar refractivity (Wildman–Crippen MR) is 63.5 cm³/mol. The Balaban J connectivity index is 2.83. The van der Waals surface area contributed by atoms with Crippen LogP contribution in [-0.4, -0.2) is 42.6 Å². The summed E-state index contributed by atoms with van der Waals surface area (Å²) in [6.07, 6.45) is -0.941. The number of hydrogen-bond donors (Lipinski definition) is 2. The number of alkyl halides is 3. The monoisotopic (exact) mass is 316 g/mol. The molecule has 0 bridgehead atoms. The molecule has 0 saturated carbocycles. The Hall–Kier alpha value is -0.770. The van der Waals surface area contributed by atoms with E-state index in [-0.39, 0.29) is 5.75 Å². The minimum absolute atomic E-state index is 0.155. The molecule has 1 rings (SSSR count). The van der Waals surface area contributed by atoms with E-state index < -0.39 is 33.0 Å². The van der Waals surface area contributed by atoms with Gasteiger partial charge >= 0.3 is 5.51 Å². The highest BCUT2D eigenvalue weighted by molar-refractivity contribution is 7.99. The molecule has 1 aromatic rings. The second-order valence-electron chi connectivity index (χ2n) is 3.57. The zero-order valence-electron chi connectivity index (χ0n) is 9.46. The summed E-state index contributed by atoms with van der Waals surface area (Å²) in [5, 5.41) is 17.7. The second-order valence-corrected chi connectivity index (χ2v) is 6.60. The molecule has 0 amide bonds. The number of sulfone groups is 1. The molecule has 0 radical (unpaired) electrons. The molecule has 1 unspecified atom stereocenters. The van der Waals surface area contributed by atoms with Crippen LogP contribution < -0.4 is 0 Å². The smallest absolute Gasteiger partial charge is 0.394 e. The van der Waals surface area contributed by atoms with Crippen LogP contribution in [0, 0.1) is 0 Å². The van der Waals surface area contributed by atoms with Crippen molar-refractivity contribution in [1.29, 1.82) is 0 Å². The normalized spacial score (nSPS) is 14.4. The number of halogens is 3. The number of benzene rings is 1. The predicted octanol–water partition coefficient (Wildman–Crippen LogP) is 1.43. The van der Waals surface area contributed by atoms with Crippen molar-refractivity contribution in [2.75, 3.05) is 12.4 Å². The molecule has 0 aliphatic heterocycles. The SMILES string of the molecule is O=S(=O)(c1ccc(SCC(O)CO)cc1)C(F)(F)F. The minimum Gasteiger partial charge on any atom is -0.394 e. The lowest BCUT2D eigenvalue weighted by atomic mass is 10.4. The summed E-state index contributed by atoms with van der Waals surface area (Å²) in [6.45, 7) is -0.423. The molecular formula is C10H11F3O4S2. The molecule has 9 heteroatoms. The van der Waals surface area contributed by atoms with Gasteiger partial charge in [0.25, 0.3) is 9.84 Å². The summed E-state index contributed by atoms with van der Waals surface area (Å²) in [7, 11) is -5.33. The van der Waals surface area contributed by atoms with Crippen molar-refractivity contribution in [2.24, 2.45) is 0 Å². The van der Waals surface area contributed by atoms with Crippen LogP contribution in [-0.2, 0) is 9.84 Å². The Morgan fingerprint density at radius 2 is 1.74 bits per heavy atom.